The van der Waals surface area contributed by atoms with Gasteiger partial charge in [-0.2, -0.15) is 0 Å². The molecule has 0 saturated heterocycles. The van der Waals surface area contributed by atoms with Gasteiger partial charge in [0.05, 0.1) is 17.5 Å². The summed E-state index contributed by atoms with van der Waals surface area (Å²) in [6.07, 6.45) is 11.4. The molecule has 4 aliphatic carbocycles. The van der Waals surface area contributed by atoms with E-state index in [0.717, 1.165) is 43.4 Å². The molecule has 0 bridgehead atoms. The lowest BCUT2D eigenvalue weighted by Gasteiger charge is -2.61. The Morgan fingerprint density at radius 3 is 2.52 bits per heavy atom. The van der Waals surface area contributed by atoms with Gasteiger partial charge in [0, 0.05) is 6.42 Å². The number of carbonyl (C=O) groups is 1. The molecule has 4 fully saturated rings. The SMILES string of the molecule is C[C@H](CCC(=O)CF)[C@H]1CC[C@H]2[C@@H]3CC[C@@H]4C[C@H](OS(=O)[O-])CC[C@]4(C)[C@H]3CC[C@]12C. The summed E-state index contributed by atoms with van der Waals surface area (Å²) in [7, 11) is 0. The lowest BCUT2D eigenvalue weighted by molar-refractivity contribution is -0.127. The number of rotatable bonds is 7. The number of Topliss-reactive ketones (excluding diaryl/α,β-unsaturated/α-hetero) is 1. The van der Waals surface area contributed by atoms with E-state index < -0.39 is 18.0 Å². The molecule has 0 spiro atoms. The minimum absolute atomic E-state index is 0.134. The summed E-state index contributed by atoms with van der Waals surface area (Å²) in [5, 5.41) is 0. The Labute approximate surface area is 190 Å². The van der Waals surface area contributed by atoms with E-state index in [1.54, 1.807) is 0 Å². The second kappa shape index (κ2) is 9.13. The van der Waals surface area contributed by atoms with Crippen molar-refractivity contribution in [3.63, 3.8) is 0 Å². The Kier molecular flexibility index (Phi) is 7.02. The van der Waals surface area contributed by atoms with Gasteiger partial charge in [-0.05, 0) is 111 Å². The van der Waals surface area contributed by atoms with Crippen LogP contribution in [0.15, 0.2) is 0 Å². The average molecular weight is 456 g/mol. The molecule has 4 nitrogen and oxygen atoms in total. The zero-order chi connectivity index (χ0) is 22.4. The number of alkyl halides is 1. The number of ketones is 1. The van der Waals surface area contributed by atoms with Gasteiger partial charge in [0.2, 0.25) is 0 Å². The van der Waals surface area contributed by atoms with Crippen molar-refractivity contribution in [3.8, 4) is 0 Å². The highest BCUT2D eigenvalue weighted by Gasteiger charge is 2.60. The molecule has 4 aliphatic rings. The lowest BCUT2D eigenvalue weighted by Crippen LogP contribution is -2.54. The van der Waals surface area contributed by atoms with E-state index in [9.17, 15) is 17.9 Å². The number of fused-ring (bicyclic) bond motifs is 5. The molecule has 4 saturated carbocycles. The van der Waals surface area contributed by atoms with Gasteiger partial charge in [0.15, 0.2) is 5.78 Å². The van der Waals surface area contributed by atoms with Crippen LogP contribution in [0.4, 0.5) is 4.39 Å². The van der Waals surface area contributed by atoms with Crippen LogP contribution in [0.2, 0.25) is 0 Å². The summed E-state index contributed by atoms with van der Waals surface area (Å²) in [5.74, 6) is 3.73. The molecule has 0 aliphatic heterocycles. The zero-order valence-electron chi connectivity index (χ0n) is 19.4. The molecule has 6 heteroatoms. The summed E-state index contributed by atoms with van der Waals surface area (Å²) in [6, 6.07) is 0. The first-order valence-corrected chi connectivity index (χ1v) is 13.5. The van der Waals surface area contributed by atoms with Crippen molar-refractivity contribution in [2.45, 2.75) is 97.5 Å². The fourth-order valence-electron chi connectivity index (χ4n) is 9.05. The van der Waals surface area contributed by atoms with Crippen molar-refractivity contribution < 1.29 is 22.1 Å². The molecule has 0 aromatic heterocycles. The van der Waals surface area contributed by atoms with E-state index in [2.05, 4.69) is 20.8 Å². The number of hydrogen-bond donors (Lipinski definition) is 0. The molecule has 1 unspecified atom stereocenters. The van der Waals surface area contributed by atoms with Crippen molar-refractivity contribution in [2.75, 3.05) is 6.67 Å². The second-order valence-corrected chi connectivity index (χ2v) is 12.4. The van der Waals surface area contributed by atoms with Crippen molar-refractivity contribution in [1.29, 1.82) is 0 Å². The van der Waals surface area contributed by atoms with Crippen LogP contribution in [-0.4, -0.2) is 27.3 Å². The van der Waals surface area contributed by atoms with Gasteiger partial charge in [-0.1, -0.05) is 20.8 Å². The van der Waals surface area contributed by atoms with Gasteiger partial charge < -0.3 is 4.55 Å². The van der Waals surface area contributed by atoms with Crippen molar-refractivity contribution >= 4 is 17.1 Å². The minimum Gasteiger partial charge on any atom is -0.750 e. The minimum atomic E-state index is -2.41. The number of hydrogen-bond acceptors (Lipinski definition) is 4. The van der Waals surface area contributed by atoms with Gasteiger partial charge in [-0.25, -0.2) is 8.60 Å². The van der Waals surface area contributed by atoms with E-state index >= 15 is 0 Å². The summed E-state index contributed by atoms with van der Waals surface area (Å²) in [5.41, 5.74) is 0.661. The molecule has 0 N–H and O–H groups in total. The Bertz CT molecular complexity index is 701. The number of halogens is 1. The Morgan fingerprint density at radius 2 is 1.81 bits per heavy atom. The van der Waals surface area contributed by atoms with Gasteiger partial charge in [0.1, 0.15) is 6.67 Å². The van der Waals surface area contributed by atoms with Crippen LogP contribution in [0.25, 0.3) is 0 Å². The lowest BCUT2D eigenvalue weighted by atomic mass is 9.44. The average Bonchev–Trinajstić information content (AvgIpc) is 3.09. The fourth-order valence-corrected chi connectivity index (χ4v) is 9.45. The molecule has 0 amide bonds. The fraction of sp³-hybridized carbons (Fsp3) is 0.960. The van der Waals surface area contributed by atoms with Crippen LogP contribution < -0.4 is 0 Å². The summed E-state index contributed by atoms with van der Waals surface area (Å²) >= 11 is -2.41. The standard InChI is InChI=1S/C25H41FO4S/c1-16(4-6-18(27)15-26)21-8-9-22-20-7-5-17-14-19(30-31(28)29)10-12-24(17,2)23(20)11-13-25(21,22)3/h16-17,19-23H,4-15H2,1-3H3,(H,28,29)/p-1/t16-,17-,19-,20+,21-,22+,23+,24+,25-/m1/s1. The first-order valence-electron chi connectivity index (χ1n) is 12.5. The molecule has 4 rings (SSSR count). The second-order valence-electron chi connectivity index (χ2n) is 11.8. The summed E-state index contributed by atoms with van der Waals surface area (Å²) in [4.78, 5) is 11.5. The molecule has 10 atom stereocenters. The first-order chi connectivity index (χ1) is 14.7. The molecular formula is C25H40FO4S-. The van der Waals surface area contributed by atoms with Gasteiger partial charge in [-0.15, -0.1) is 0 Å². The maximum absolute atomic E-state index is 12.6. The molecule has 178 valence electrons. The highest BCUT2D eigenvalue weighted by atomic mass is 32.2. The highest BCUT2D eigenvalue weighted by molar-refractivity contribution is 7.74. The zero-order valence-corrected chi connectivity index (χ0v) is 20.3. The van der Waals surface area contributed by atoms with E-state index in [-0.39, 0.29) is 11.9 Å². The topological polar surface area (TPSA) is 66.4 Å². The van der Waals surface area contributed by atoms with Crippen LogP contribution in [0.3, 0.4) is 0 Å². The maximum Gasteiger partial charge on any atom is 0.163 e. The predicted octanol–water partition coefficient (Wildman–Crippen LogP) is 5.78. The summed E-state index contributed by atoms with van der Waals surface area (Å²) in [6.45, 7) is 6.47. The van der Waals surface area contributed by atoms with Crippen LogP contribution in [-0.2, 0) is 20.3 Å². The molecule has 31 heavy (non-hydrogen) atoms. The third kappa shape index (κ3) is 4.30. The Hall–Kier alpha value is -0.330. The van der Waals surface area contributed by atoms with Crippen molar-refractivity contribution in [3.05, 3.63) is 0 Å². The third-order valence-electron chi connectivity index (χ3n) is 10.6. The molecular weight excluding hydrogens is 415 g/mol. The van der Waals surface area contributed by atoms with Gasteiger partial charge in [-0.3, -0.25) is 8.98 Å². The third-order valence-corrected chi connectivity index (χ3v) is 11.0. The van der Waals surface area contributed by atoms with Gasteiger partial charge in [0.25, 0.3) is 0 Å². The quantitative estimate of drug-likeness (QED) is 0.456. The summed E-state index contributed by atoms with van der Waals surface area (Å²) < 4.78 is 39.8. The van der Waals surface area contributed by atoms with Crippen molar-refractivity contribution in [2.24, 2.45) is 46.3 Å². The molecule has 0 aromatic rings. The van der Waals surface area contributed by atoms with Crippen LogP contribution in [0, 0.1) is 46.3 Å². The van der Waals surface area contributed by atoms with Crippen LogP contribution in [0.5, 0.6) is 0 Å². The first kappa shape index (κ1) is 23.8. The van der Waals surface area contributed by atoms with Crippen molar-refractivity contribution in [1.82, 2.24) is 0 Å². The number of carbonyl (C=O) groups excluding carboxylic acids is 1. The van der Waals surface area contributed by atoms with E-state index in [1.165, 1.54) is 38.5 Å². The largest absolute Gasteiger partial charge is 0.750 e. The molecule has 0 radical (unpaired) electrons. The van der Waals surface area contributed by atoms with Crippen LogP contribution in [0.1, 0.15) is 91.4 Å². The molecule has 0 heterocycles. The van der Waals surface area contributed by atoms with E-state index in [1.807, 2.05) is 0 Å². The van der Waals surface area contributed by atoms with E-state index in [4.69, 9.17) is 4.18 Å². The maximum atomic E-state index is 12.6. The normalized spacial score (nSPS) is 46.5. The van der Waals surface area contributed by atoms with E-state index in [0.29, 0.717) is 35.0 Å². The Balaban J connectivity index is 1.45. The van der Waals surface area contributed by atoms with Crippen LogP contribution >= 0.6 is 0 Å². The smallest absolute Gasteiger partial charge is 0.163 e. The Morgan fingerprint density at radius 1 is 1.10 bits per heavy atom. The monoisotopic (exact) mass is 455 g/mol. The highest BCUT2D eigenvalue weighted by Crippen LogP contribution is 2.68. The van der Waals surface area contributed by atoms with Gasteiger partial charge >= 0.3 is 0 Å². The predicted molar refractivity (Wildman–Crippen MR) is 118 cm³/mol. The molecule has 0 aromatic carbocycles.